The van der Waals surface area contributed by atoms with Gasteiger partial charge in [-0.25, -0.2) is 34.1 Å². The number of carbonyl (C=O) groups is 2. The third-order valence-electron chi connectivity index (χ3n) is 4.91. The van der Waals surface area contributed by atoms with Gasteiger partial charge in [0.15, 0.2) is 5.82 Å². The molecule has 0 saturated heterocycles. The zero-order valence-electron chi connectivity index (χ0n) is 19.2. The average Bonchev–Trinajstić information content (AvgIpc) is 3.21. The summed E-state index contributed by atoms with van der Waals surface area (Å²) in [6.45, 7) is 3.08. The molecule has 14 heteroatoms. The highest BCUT2D eigenvalue weighted by Gasteiger charge is 2.21. The van der Waals surface area contributed by atoms with Crippen LogP contribution in [0.25, 0.3) is 11.4 Å². The van der Waals surface area contributed by atoms with Crippen LogP contribution in [0.2, 0.25) is 0 Å². The minimum Gasteiger partial charge on any atom is -0.441 e. The Balaban J connectivity index is 1.45. The van der Waals surface area contributed by atoms with Crippen LogP contribution in [0.1, 0.15) is 34.8 Å². The van der Waals surface area contributed by atoms with Crippen LogP contribution in [0.3, 0.4) is 0 Å². The smallest absolute Gasteiger partial charge is 0.413 e. The second kappa shape index (κ2) is 10.2. The second-order valence-electron chi connectivity index (χ2n) is 7.50. The highest BCUT2D eigenvalue weighted by Crippen LogP contribution is 2.26. The predicted octanol–water partition coefficient (Wildman–Crippen LogP) is 3.21. The number of halogens is 2. The molecule has 1 atom stereocenters. The molecule has 0 aliphatic rings. The molecule has 4 heterocycles. The maximum Gasteiger partial charge on any atom is 0.413 e. The Morgan fingerprint density at radius 1 is 0.972 bits per heavy atom. The molecule has 0 fully saturated rings. The van der Waals surface area contributed by atoms with Gasteiger partial charge in [0.25, 0.3) is 5.91 Å². The fourth-order valence-corrected chi connectivity index (χ4v) is 3.07. The average molecular weight is 495 g/mol. The lowest BCUT2D eigenvalue weighted by molar-refractivity contribution is 0.102. The van der Waals surface area contributed by atoms with E-state index >= 15 is 0 Å². The van der Waals surface area contributed by atoms with Crippen LogP contribution in [0, 0.1) is 18.7 Å². The SMILES string of the molecule is Cc1ncc(C(=O)Nc2cnc(-c3cnn(C)c3NC(=O)O[C@H](C)c3cc(F)cnc3F)nc2)cn1. The number of aryl methyl sites for hydroxylation is 2. The monoisotopic (exact) mass is 495 g/mol. The van der Waals surface area contributed by atoms with E-state index in [2.05, 4.69) is 40.7 Å². The summed E-state index contributed by atoms with van der Waals surface area (Å²) in [5.74, 6) is -1.22. The number of amides is 2. The van der Waals surface area contributed by atoms with Gasteiger partial charge in [-0.1, -0.05) is 0 Å². The molecule has 4 rings (SSSR count). The lowest BCUT2D eigenvalue weighted by atomic mass is 10.2. The Kier molecular flexibility index (Phi) is 6.85. The molecule has 0 radical (unpaired) electrons. The Hall–Kier alpha value is -4.88. The van der Waals surface area contributed by atoms with Crippen molar-refractivity contribution < 1.29 is 23.1 Å². The largest absolute Gasteiger partial charge is 0.441 e. The van der Waals surface area contributed by atoms with Crippen molar-refractivity contribution in [3.8, 4) is 11.4 Å². The zero-order chi connectivity index (χ0) is 25.8. The molecule has 0 saturated carbocycles. The predicted molar refractivity (Wildman–Crippen MR) is 122 cm³/mol. The molecule has 0 spiro atoms. The lowest BCUT2D eigenvalue weighted by Gasteiger charge is -2.15. The fourth-order valence-electron chi connectivity index (χ4n) is 3.07. The summed E-state index contributed by atoms with van der Waals surface area (Å²) in [4.78, 5) is 44.4. The first-order valence-electron chi connectivity index (χ1n) is 10.4. The molecule has 0 aliphatic heterocycles. The van der Waals surface area contributed by atoms with E-state index in [1.54, 1.807) is 14.0 Å². The van der Waals surface area contributed by atoms with Gasteiger partial charge in [0.1, 0.15) is 23.6 Å². The van der Waals surface area contributed by atoms with Gasteiger partial charge in [0.2, 0.25) is 5.95 Å². The lowest BCUT2D eigenvalue weighted by Crippen LogP contribution is -2.19. The molecule has 4 aromatic rings. The number of hydrogen-bond acceptors (Lipinski definition) is 9. The number of carbonyl (C=O) groups excluding carboxylic acids is 2. The molecule has 4 aromatic heterocycles. The first-order chi connectivity index (χ1) is 17.2. The van der Waals surface area contributed by atoms with Gasteiger partial charge in [0.05, 0.1) is 47.2 Å². The Bertz CT molecular complexity index is 1410. The number of nitrogens with one attached hydrogen (secondary N) is 2. The van der Waals surface area contributed by atoms with Gasteiger partial charge in [-0.15, -0.1) is 0 Å². The number of pyridine rings is 1. The van der Waals surface area contributed by atoms with Crippen molar-refractivity contribution in [3.63, 3.8) is 0 Å². The van der Waals surface area contributed by atoms with Gasteiger partial charge in [0, 0.05) is 19.4 Å². The molecule has 0 unspecified atom stereocenters. The third kappa shape index (κ3) is 5.43. The summed E-state index contributed by atoms with van der Waals surface area (Å²) >= 11 is 0. The number of rotatable bonds is 6. The van der Waals surface area contributed by atoms with Crippen LogP contribution in [0.4, 0.5) is 25.1 Å². The third-order valence-corrected chi connectivity index (χ3v) is 4.91. The van der Waals surface area contributed by atoms with E-state index in [1.165, 1.54) is 42.6 Å². The van der Waals surface area contributed by atoms with Gasteiger partial charge in [-0.2, -0.15) is 9.49 Å². The van der Waals surface area contributed by atoms with Crippen LogP contribution in [0.15, 0.2) is 43.2 Å². The van der Waals surface area contributed by atoms with Crippen molar-refractivity contribution in [3.05, 3.63) is 72.0 Å². The minimum absolute atomic E-state index is 0.193. The normalized spacial score (nSPS) is 11.6. The van der Waals surface area contributed by atoms with Crippen molar-refractivity contribution in [2.45, 2.75) is 20.0 Å². The molecule has 2 amide bonds. The zero-order valence-corrected chi connectivity index (χ0v) is 19.2. The maximum absolute atomic E-state index is 13.9. The van der Waals surface area contributed by atoms with Crippen molar-refractivity contribution in [1.82, 2.24) is 34.7 Å². The molecule has 36 heavy (non-hydrogen) atoms. The molecule has 12 nitrogen and oxygen atoms in total. The van der Waals surface area contributed by atoms with Gasteiger partial charge >= 0.3 is 6.09 Å². The van der Waals surface area contributed by atoms with E-state index in [0.29, 0.717) is 17.1 Å². The van der Waals surface area contributed by atoms with Crippen LogP contribution in [0.5, 0.6) is 0 Å². The number of aromatic nitrogens is 7. The Morgan fingerprint density at radius 2 is 1.67 bits per heavy atom. The fraction of sp³-hybridized carbons (Fsp3) is 0.182. The summed E-state index contributed by atoms with van der Waals surface area (Å²) < 4.78 is 33.8. The van der Waals surface area contributed by atoms with Gasteiger partial charge in [-0.05, 0) is 19.9 Å². The summed E-state index contributed by atoms with van der Waals surface area (Å²) in [5, 5.41) is 9.23. The topological polar surface area (TPSA) is 150 Å². The van der Waals surface area contributed by atoms with E-state index in [9.17, 15) is 18.4 Å². The standard InChI is InChI=1S/C22H19F2N9O3/c1-11(16-4-14(23)7-27-18(16)24)36-22(35)32-20-17(10-30-33(20)3)19-28-8-15(9-29-19)31-21(34)13-5-25-12(2)26-6-13/h4-11H,1-3H3,(H,31,34)(H,32,35)/t11-/m1/s1. The van der Waals surface area contributed by atoms with Crippen molar-refractivity contribution in [1.29, 1.82) is 0 Å². The van der Waals surface area contributed by atoms with E-state index in [1.807, 2.05) is 0 Å². The Morgan fingerprint density at radius 3 is 2.36 bits per heavy atom. The van der Waals surface area contributed by atoms with E-state index < -0.39 is 29.9 Å². The van der Waals surface area contributed by atoms with E-state index in [-0.39, 0.29) is 22.8 Å². The first-order valence-corrected chi connectivity index (χ1v) is 10.4. The molecular weight excluding hydrogens is 476 g/mol. The summed E-state index contributed by atoms with van der Waals surface area (Å²) in [5.41, 5.74) is 0.728. The van der Waals surface area contributed by atoms with Crippen LogP contribution >= 0.6 is 0 Å². The number of anilines is 2. The van der Waals surface area contributed by atoms with Gasteiger partial charge < -0.3 is 10.1 Å². The first kappa shape index (κ1) is 24.3. The van der Waals surface area contributed by atoms with Crippen molar-refractivity contribution in [2.75, 3.05) is 10.6 Å². The number of ether oxygens (including phenoxy) is 1. The van der Waals surface area contributed by atoms with Crippen molar-refractivity contribution >= 4 is 23.5 Å². The van der Waals surface area contributed by atoms with E-state index in [4.69, 9.17) is 4.74 Å². The highest BCUT2D eigenvalue weighted by atomic mass is 19.1. The summed E-state index contributed by atoms with van der Waals surface area (Å²) in [7, 11) is 1.57. The quantitative estimate of drug-likeness (QED) is 0.384. The molecule has 184 valence electrons. The van der Waals surface area contributed by atoms with Crippen LogP contribution < -0.4 is 10.6 Å². The van der Waals surface area contributed by atoms with E-state index in [0.717, 1.165) is 12.3 Å². The molecule has 2 N–H and O–H groups in total. The Labute approximate surface area is 202 Å². The van der Waals surface area contributed by atoms with Gasteiger partial charge in [-0.3, -0.25) is 14.8 Å². The number of nitrogens with zero attached hydrogens (tertiary/aromatic N) is 7. The molecule has 0 bridgehead atoms. The second-order valence-corrected chi connectivity index (χ2v) is 7.50. The highest BCUT2D eigenvalue weighted by molar-refractivity contribution is 6.03. The van der Waals surface area contributed by atoms with Crippen LogP contribution in [-0.4, -0.2) is 46.7 Å². The maximum atomic E-state index is 13.9. The summed E-state index contributed by atoms with van der Waals surface area (Å²) in [6.07, 6.45) is 5.65. The molecule has 0 aromatic carbocycles. The molecular formula is C22H19F2N9O3. The summed E-state index contributed by atoms with van der Waals surface area (Å²) in [6, 6.07) is 0.899. The van der Waals surface area contributed by atoms with Crippen LogP contribution in [-0.2, 0) is 11.8 Å². The minimum atomic E-state index is -1.12. The molecule has 0 aliphatic carbocycles. The van der Waals surface area contributed by atoms with Crippen molar-refractivity contribution in [2.24, 2.45) is 7.05 Å². The number of hydrogen-bond donors (Lipinski definition) is 2.